The van der Waals surface area contributed by atoms with Gasteiger partial charge in [0, 0.05) is 13.1 Å². The minimum Gasteiger partial charge on any atom is -0.465 e. The van der Waals surface area contributed by atoms with Crippen LogP contribution in [0.4, 0.5) is 10.6 Å². The van der Waals surface area contributed by atoms with Crippen LogP contribution in [0.15, 0.2) is 6.20 Å². The van der Waals surface area contributed by atoms with Crippen LogP contribution in [0, 0.1) is 10.1 Å². The van der Waals surface area contributed by atoms with Gasteiger partial charge in [-0.25, -0.2) is 4.79 Å². The zero-order valence-corrected chi connectivity index (χ0v) is 11.2. The van der Waals surface area contributed by atoms with E-state index in [2.05, 4.69) is 4.98 Å². The second-order valence-electron chi connectivity index (χ2n) is 4.75. The van der Waals surface area contributed by atoms with E-state index >= 15 is 0 Å². The van der Waals surface area contributed by atoms with E-state index in [1.54, 1.807) is 0 Å². The highest BCUT2D eigenvalue weighted by Gasteiger charge is 2.35. The van der Waals surface area contributed by atoms with Crippen LogP contribution in [-0.4, -0.2) is 54.4 Å². The third-order valence-electron chi connectivity index (χ3n) is 3.33. The van der Waals surface area contributed by atoms with Gasteiger partial charge in [-0.2, -0.15) is 0 Å². The van der Waals surface area contributed by atoms with Gasteiger partial charge in [-0.1, -0.05) is 0 Å². The fraction of sp³-hybridized carbons (Fsp3) is 0.600. The average molecular weight is 305 g/mol. The second-order valence-corrected chi connectivity index (χ2v) is 5.09. The molecule has 1 aliphatic heterocycles. The fourth-order valence-electron chi connectivity index (χ4n) is 2.17. The van der Waals surface area contributed by atoms with E-state index in [9.17, 15) is 20.0 Å². The fourth-order valence-corrected chi connectivity index (χ4v) is 2.36. The Labute approximate surface area is 118 Å². The molecule has 2 rings (SSSR count). The molecule has 0 saturated carbocycles. The summed E-state index contributed by atoms with van der Waals surface area (Å²) in [4.78, 5) is 25.5. The van der Waals surface area contributed by atoms with E-state index in [1.807, 2.05) is 0 Å². The quantitative estimate of drug-likeness (QED) is 0.633. The molecule has 20 heavy (non-hydrogen) atoms. The first kappa shape index (κ1) is 14.5. The summed E-state index contributed by atoms with van der Waals surface area (Å²) < 4.78 is 1.30. The van der Waals surface area contributed by atoms with E-state index in [0.29, 0.717) is 0 Å². The smallest absolute Gasteiger partial charge is 0.407 e. The highest BCUT2D eigenvalue weighted by atomic mass is 35.5. The van der Waals surface area contributed by atoms with E-state index < -0.39 is 16.6 Å². The molecule has 1 fully saturated rings. The Morgan fingerprint density at radius 2 is 2.15 bits per heavy atom. The van der Waals surface area contributed by atoms with E-state index in [-0.39, 0.29) is 43.6 Å². The topological polar surface area (TPSA) is 122 Å². The summed E-state index contributed by atoms with van der Waals surface area (Å²) in [7, 11) is 0. The van der Waals surface area contributed by atoms with Gasteiger partial charge in [-0.3, -0.25) is 4.57 Å². The van der Waals surface area contributed by atoms with Crippen LogP contribution in [0.1, 0.15) is 12.8 Å². The molecule has 0 unspecified atom stereocenters. The molecular weight excluding hydrogens is 292 g/mol. The Morgan fingerprint density at radius 1 is 1.55 bits per heavy atom. The second kappa shape index (κ2) is 5.25. The summed E-state index contributed by atoms with van der Waals surface area (Å²) in [6, 6.07) is 0. The Hall–Kier alpha value is -1.87. The third-order valence-corrected chi connectivity index (χ3v) is 3.63. The number of halogens is 1. The lowest BCUT2D eigenvalue weighted by Gasteiger charge is -2.36. The molecule has 110 valence electrons. The first-order valence-electron chi connectivity index (χ1n) is 5.88. The summed E-state index contributed by atoms with van der Waals surface area (Å²) in [6.07, 6.45) is 0.607. The Balaban J connectivity index is 2.06. The molecule has 1 aliphatic rings. The average Bonchev–Trinajstić information content (AvgIpc) is 2.71. The van der Waals surface area contributed by atoms with Crippen molar-refractivity contribution < 1.29 is 19.9 Å². The number of aliphatic hydroxyl groups is 1. The minimum absolute atomic E-state index is 0.0418. The normalized spacial score (nSPS) is 18.0. The number of amides is 1. The number of likely N-dealkylation sites (tertiary alicyclic amines) is 1. The predicted octanol–water partition coefficient (Wildman–Crippen LogP) is 0.950. The Morgan fingerprint density at radius 3 is 2.60 bits per heavy atom. The van der Waals surface area contributed by atoms with Gasteiger partial charge in [0.05, 0.1) is 12.1 Å². The van der Waals surface area contributed by atoms with Crippen molar-refractivity contribution in [2.45, 2.75) is 25.0 Å². The molecule has 1 aromatic heterocycles. The number of piperidine rings is 1. The van der Waals surface area contributed by atoms with Crippen molar-refractivity contribution in [2.75, 3.05) is 13.1 Å². The highest BCUT2D eigenvalue weighted by molar-refractivity contribution is 6.28. The molecule has 1 amide bonds. The third kappa shape index (κ3) is 2.99. The summed E-state index contributed by atoms with van der Waals surface area (Å²) in [6.45, 7) is 0.459. The van der Waals surface area contributed by atoms with Gasteiger partial charge in [-0.05, 0) is 34.3 Å². The molecule has 9 nitrogen and oxygen atoms in total. The molecule has 0 spiro atoms. The number of nitrogens with zero attached hydrogens (tertiary/aromatic N) is 4. The number of carbonyl (C=O) groups is 1. The van der Waals surface area contributed by atoms with Crippen LogP contribution < -0.4 is 0 Å². The lowest BCUT2D eigenvalue weighted by Crippen LogP contribution is -2.48. The lowest BCUT2D eigenvalue weighted by atomic mass is 9.91. The minimum atomic E-state index is -1.15. The number of hydrogen-bond donors (Lipinski definition) is 2. The summed E-state index contributed by atoms with van der Waals surface area (Å²) in [5.74, 6) is -0.387. The number of carboxylic acid groups (broad SMARTS) is 1. The van der Waals surface area contributed by atoms with Crippen LogP contribution in [0.3, 0.4) is 0 Å². The van der Waals surface area contributed by atoms with Crippen molar-refractivity contribution >= 4 is 23.5 Å². The maximum Gasteiger partial charge on any atom is 0.407 e. The van der Waals surface area contributed by atoms with Crippen LogP contribution in [0.2, 0.25) is 5.28 Å². The molecular formula is C10H13ClN4O5. The number of imidazole rings is 1. The maximum absolute atomic E-state index is 10.8. The first-order chi connectivity index (χ1) is 9.31. The van der Waals surface area contributed by atoms with Crippen molar-refractivity contribution in [3.8, 4) is 0 Å². The Kier molecular flexibility index (Phi) is 3.82. The first-order valence-corrected chi connectivity index (χ1v) is 6.26. The molecule has 0 radical (unpaired) electrons. The summed E-state index contributed by atoms with van der Waals surface area (Å²) in [5.41, 5.74) is -1.15. The van der Waals surface area contributed by atoms with Crippen LogP contribution >= 0.6 is 11.6 Å². The SMILES string of the molecule is O=C(O)N1CCC(O)(Cn2cc([N+](=O)[O-])nc2Cl)CC1. The van der Waals surface area contributed by atoms with Crippen molar-refractivity contribution in [3.05, 3.63) is 21.6 Å². The van der Waals surface area contributed by atoms with Gasteiger partial charge in [0.25, 0.3) is 0 Å². The van der Waals surface area contributed by atoms with Gasteiger partial charge in [0.2, 0.25) is 0 Å². The maximum atomic E-state index is 10.8. The molecule has 1 saturated heterocycles. The number of rotatable bonds is 3. The van der Waals surface area contributed by atoms with Crippen molar-refractivity contribution in [1.29, 1.82) is 0 Å². The predicted molar refractivity (Wildman–Crippen MR) is 67.7 cm³/mol. The number of hydrogen-bond acceptors (Lipinski definition) is 5. The molecule has 1 aromatic rings. The molecule has 2 N–H and O–H groups in total. The lowest BCUT2D eigenvalue weighted by molar-refractivity contribution is -0.389. The van der Waals surface area contributed by atoms with Gasteiger partial charge < -0.3 is 25.2 Å². The molecule has 2 heterocycles. The molecule has 10 heteroatoms. The summed E-state index contributed by atoms with van der Waals surface area (Å²) in [5, 5.41) is 29.8. The van der Waals surface area contributed by atoms with Crippen molar-refractivity contribution in [1.82, 2.24) is 14.5 Å². The van der Waals surface area contributed by atoms with Gasteiger partial charge >= 0.3 is 17.2 Å². The molecule has 0 aliphatic carbocycles. The largest absolute Gasteiger partial charge is 0.465 e. The zero-order chi connectivity index (χ0) is 14.9. The zero-order valence-electron chi connectivity index (χ0n) is 10.4. The highest BCUT2D eigenvalue weighted by Crippen LogP contribution is 2.26. The molecule has 0 aromatic carbocycles. The van der Waals surface area contributed by atoms with E-state index in [1.165, 1.54) is 9.47 Å². The van der Waals surface area contributed by atoms with E-state index in [0.717, 1.165) is 6.20 Å². The van der Waals surface area contributed by atoms with Crippen molar-refractivity contribution in [3.63, 3.8) is 0 Å². The van der Waals surface area contributed by atoms with Crippen molar-refractivity contribution in [2.24, 2.45) is 0 Å². The Bertz CT molecular complexity index is 538. The van der Waals surface area contributed by atoms with Gasteiger partial charge in [0.1, 0.15) is 6.20 Å². The number of nitro groups is 1. The van der Waals surface area contributed by atoms with Crippen LogP contribution in [-0.2, 0) is 6.54 Å². The number of aromatic nitrogens is 2. The van der Waals surface area contributed by atoms with Gasteiger partial charge in [0.15, 0.2) is 0 Å². The standard InChI is InChI=1S/C10H13ClN4O5/c11-8-12-7(15(19)20)5-14(8)6-10(18)1-3-13(4-2-10)9(16)17/h5,18H,1-4,6H2,(H,16,17). The summed E-state index contributed by atoms with van der Waals surface area (Å²) >= 11 is 5.78. The van der Waals surface area contributed by atoms with Crippen LogP contribution in [0.5, 0.6) is 0 Å². The van der Waals surface area contributed by atoms with E-state index in [4.69, 9.17) is 16.7 Å². The van der Waals surface area contributed by atoms with Gasteiger partial charge in [-0.15, -0.1) is 0 Å². The van der Waals surface area contributed by atoms with Crippen LogP contribution in [0.25, 0.3) is 0 Å². The molecule has 0 atom stereocenters. The molecule has 0 bridgehead atoms. The monoisotopic (exact) mass is 304 g/mol.